The van der Waals surface area contributed by atoms with Crippen LogP contribution in [0.1, 0.15) is 86.5 Å². The molecule has 1 atom stereocenters. The van der Waals surface area contributed by atoms with E-state index in [-0.39, 0.29) is 23.6 Å². The quantitative estimate of drug-likeness (QED) is 0.510. The predicted molar refractivity (Wildman–Crippen MR) is 99.6 cm³/mol. The van der Waals surface area contributed by atoms with Crippen LogP contribution in [0, 0.1) is 5.92 Å². The Balaban J connectivity index is 0. The third-order valence-electron chi connectivity index (χ3n) is 3.58. The molecule has 0 radical (unpaired) electrons. The van der Waals surface area contributed by atoms with Crippen molar-refractivity contribution in [3.63, 3.8) is 0 Å². The number of carbonyl (C=O) groups is 3. The SMILES string of the molecule is CC.CC.CCCNC(=O)CCCCCCN1C(=O)CC(C)C1=O. The summed E-state index contributed by atoms with van der Waals surface area (Å²) in [6, 6.07) is 0. The lowest BCUT2D eigenvalue weighted by Crippen LogP contribution is -2.31. The minimum absolute atomic E-state index is 0.0334. The summed E-state index contributed by atoms with van der Waals surface area (Å²) < 4.78 is 0. The average Bonchev–Trinajstić information content (AvgIpc) is 2.85. The van der Waals surface area contributed by atoms with Gasteiger partial charge in [0, 0.05) is 31.8 Å². The number of rotatable bonds is 9. The first-order chi connectivity index (χ1) is 11.6. The summed E-state index contributed by atoms with van der Waals surface area (Å²) in [4.78, 5) is 36.0. The van der Waals surface area contributed by atoms with E-state index in [0.29, 0.717) is 19.4 Å². The van der Waals surface area contributed by atoms with E-state index in [2.05, 4.69) is 5.32 Å². The molecule has 3 amide bonds. The maximum atomic E-state index is 11.7. The standard InChI is InChI=1S/C15H26N2O3.2C2H6/c1-3-9-16-13(18)8-6-4-5-7-10-17-14(19)11-12(2)15(17)20;2*1-2/h12H,3-11H2,1-2H3,(H,16,18);2*1-2H3. The van der Waals surface area contributed by atoms with Crippen LogP contribution in [0.15, 0.2) is 0 Å². The van der Waals surface area contributed by atoms with Gasteiger partial charge in [-0.05, 0) is 19.3 Å². The molecule has 0 aromatic heterocycles. The molecular formula is C19H38N2O3. The zero-order valence-electron chi connectivity index (χ0n) is 16.6. The van der Waals surface area contributed by atoms with Gasteiger partial charge in [0.05, 0.1) is 0 Å². The molecule has 1 heterocycles. The van der Waals surface area contributed by atoms with Gasteiger partial charge in [-0.3, -0.25) is 19.3 Å². The van der Waals surface area contributed by atoms with E-state index in [4.69, 9.17) is 0 Å². The molecule has 1 saturated heterocycles. The van der Waals surface area contributed by atoms with Crippen molar-refractivity contribution in [2.75, 3.05) is 13.1 Å². The Kier molecular flexibility index (Phi) is 17.1. The van der Waals surface area contributed by atoms with E-state index in [1.165, 1.54) is 4.90 Å². The molecule has 0 aliphatic carbocycles. The Bertz CT molecular complexity index is 357. The zero-order valence-corrected chi connectivity index (χ0v) is 16.6. The summed E-state index contributed by atoms with van der Waals surface area (Å²) in [7, 11) is 0. The fourth-order valence-corrected chi connectivity index (χ4v) is 2.35. The lowest BCUT2D eigenvalue weighted by molar-refractivity contribution is -0.139. The molecule has 0 aromatic rings. The number of hydrogen-bond acceptors (Lipinski definition) is 3. The summed E-state index contributed by atoms with van der Waals surface area (Å²) in [5, 5.41) is 2.85. The van der Waals surface area contributed by atoms with Crippen LogP contribution in [0.2, 0.25) is 0 Å². The highest BCUT2D eigenvalue weighted by Gasteiger charge is 2.34. The number of nitrogens with zero attached hydrogens (tertiary/aromatic N) is 1. The molecule has 142 valence electrons. The summed E-state index contributed by atoms with van der Waals surface area (Å²) in [5.74, 6) is -0.106. The minimum atomic E-state index is -0.148. The monoisotopic (exact) mass is 342 g/mol. The van der Waals surface area contributed by atoms with Crippen LogP contribution >= 0.6 is 0 Å². The van der Waals surface area contributed by atoms with Crippen LogP contribution in [-0.2, 0) is 14.4 Å². The molecule has 1 unspecified atom stereocenters. The zero-order chi connectivity index (χ0) is 19.0. The van der Waals surface area contributed by atoms with Gasteiger partial charge in [0.1, 0.15) is 0 Å². The summed E-state index contributed by atoms with van der Waals surface area (Å²) in [6.07, 6.45) is 5.50. The number of likely N-dealkylation sites (tertiary alicyclic amines) is 1. The molecule has 1 aliphatic rings. The predicted octanol–water partition coefficient (Wildman–Crippen LogP) is 3.91. The first kappa shape index (κ1) is 24.9. The van der Waals surface area contributed by atoms with Crippen molar-refractivity contribution >= 4 is 17.7 Å². The average molecular weight is 343 g/mol. The van der Waals surface area contributed by atoms with Crippen LogP contribution in [0.4, 0.5) is 0 Å². The summed E-state index contributed by atoms with van der Waals surface area (Å²) in [5.41, 5.74) is 0. The van der Waals surface area contributed by atoms with Gasteiger partial charge in [0.2, 0.25) is 17.7 Å². The second-order valence-electron chi connectivity index (χ2n) is 5.50. The highest BCUT2D eigenvalue weighted by Crippen LogP contribution is 2.19. The fourth-order valence-electron chi connectivity index (χ4n) is 2.35. The maximum absolute atomic E-state index is 11.7. The van der Waals surface area contributed by atoms with Gasteiger partial charge in [-0.2, -0.15) is 0 Å². The molecule has 0 bridgehead atoms. The smallest absolute Gasteiger partial charge is 0.232 e. The highest BCUT2D eigenvalue weighted by atomic mass is 16.2. The maximum Gasteiger partial charge on any atom is 0.232 e. The lowest BCUT2D eigenvalue weighted by Gasteiger charge is -2.13. The number of carbonyl (C=O) groups excluding carboxylic acids is 3. The molecule has 1 fully saturated rings. The van der Waals surface area contributed by atoms with Crippen LogP contribution in [0.25, 0.3) is 0 Å². The fraction of sp³-hybridized carbons (Fsp3) is 0.842. The normalized spacial score (nSPS) is 16.1. The van der Waals surface area contributed by atoms with Crippen molar-refractivity contribution in [1.82, 2.24) is 10.2 Å². The largest absolute Gasteiger partial charge is 0.356 e. The molecule has 0 aromatic carbocycles. The molecular weight excluding hydrogens is 304 g/mol. The molecule has 0 spiro atoms. The van der Waals surface area contributed by atoms with Gasteiger partial charge in [0.15, 0.2) is 0 Å². The minimum Gasteiger partial charge on any atom is -0.356 e. The Morgan fingerprint density at radius 2 is 1.67 bits per heavy atom. The lowest BCUT2D eigenvalue weighted by atomic mass is 10.1. The number of hydrogen-bond donors (Lipinski definition) is 1. The molecule has 5 heteroatoms. The second kappa shape index (κ2) is 16.5. The van der Waals surface area contributed by atoms with E-state index in [9.17, 15) is 14.4 Å². The number of nitrogens with one attached hydrogen (secondary N) is 1. The topological polar surface area (TPSA) is 66.5 Å². The van der Waals surface area contributed by atoms with Gasteiger partial charge < -0.3 is 5.32 Å². The van der Waals surface area contributed by atoms with Crippen molar-refractivity contribution in [3.8, 4) is 0 Å². The van der Waals surface area contributed by atoms with Crippen molar-refractivity contribution in [1.29, 1.82) is 0 Å². The van der Waals surface area contributed by atoms with E-state index >= 15 is 0 Å². The molecule has 1 aliphatic heterocycles. The van der Waals surface area contributed by atoms with Gasteiger partial charge in [0.25, 0.3) is 0 Å². The van der Waals surface area contributed by atoms with E-state index in [1.807, 2.05) is 34.6 Å². The Morgan fingerprint density at radius 3 is 2.17 bits per heavy atom. The Morgan fingerprint density at radius 1 is 1.08 bits per heavy atom. The van der Waals surface area contributed by atoms with Gasteiger partial charge in [-0.15, -0.1) is 0 Å². The van der Waals surface area contributed by atoms with E-state index in [1.54, 1.807) is 6.92 Å². The number of imide groups is 1. The molecule has 24 heavy (non-hydrogen) atoms. The van der Waals surface area contributed by atoms with Crippen molar-refractivity contribution < 1.29 is 14.4 Å². The summed E-state index contributed by atoms with van der Waals surface area (Å²) >= 11 is 0. The number of amides is 3. The molecule has 0 saturated carbocycles. The third-order valence-corrected chi connectivity index (χ3v) is 3.58. The van der Waals surface area contributed by atoms with Gasteiger partial charge >= 0.3 is 0 Å². The third kappa shape index (κ3) is 10.4. The van der Waals surface area contributed by atoms with Gasteiger partial charge in [-0.1, -0.05) is 54.4 Å². The second-order valence-corrected chi connectivity index (χ2v) is 5.50. The van der Waals surface area contributed by atoms with Crippen molar-refractivity contribution in [2.24, 2.45) is 5.92 Å². The first-order valence-electron chi connectivity index (χ1n) is 9.67. The number of unbranched alkanes of at least 4 members (excludes halogenated alkanes) is 3. The van der Waals surface area contributed by atoms with Crippen LogP contribution in [-0.4, -0.2) is 35.7 Å². The van der Waals surface area contributed by atoms with Crippen LogP contribution in [0.5, 0.6) is 0 Å². The van der Waals surface area contributed by atoms with E-state index < -0.39 is 0 Å². The van der Waals surface area contributed by atoms with Crippen molar-refractivity contribution in [2.45, 2.75) is 86.5 Å². The molecule has 1 N–H and O–H groups in total. The molecule has 5 nitrogen and oxygen atoms in total. The van der Waals surface area contributed by atoms with Crippen molar-refractivity contribution in [3.05, 3.63) is 0 Å². The van der Waals surface area contributed by atoms with Gasteiger partial charge in [-0.25, -0.2) is 0 Å². The highest BCUT2D eigenvalue weighted by molar-refractivity contribution is 6.03. The Labute approximate surface area is 148 Å². The first-order valence-corrected chi connectivity index (χ1v) is 9.67. The molecule has 1 rings (SSSR count). The van der Waals surface area contributed by atoms with Crippen LogP contribution in [0.3, 0.4) is 0 Å². The Hall–Kier alpha value is -1.39. The van der Waals surface area contributed by atoms with Crippen LogP contribution < -0.4 is 5.32 Å². The van der Waals surface area contributed by atoms with E-state index in [0.717, 1.165) is 38.6 Å². The summed E-state index contributed by atoms with van der Waals surface area (Å²) in [6.45, 7) is 13.1.